The van der Waals surface area contributed by atoms with Gasteiger partial charge in [0.1, 0.15) is 6.61 Å². The van der Waals surface area contributed by atoms with Gasteiger partial charge in [0.25, 0.3) is 0 Å². The molecule has 0 aromatic carbocycles. The molecule has 0 aromatic heterocycles. The summed E-state index contributed by atoms with van der Waals surface area (Å²) in [6.07, 6.45) is 1.41. The molecule has 1 saturated heterocycles. The summed E-state index contributed by atoms with van der Waals surface area (Å²) in [5, 5.41) is 0. The molecule has 1 rings (SSSR count). The summed E-state index contributed by atoms with van der Waals surface area (Å²) < 4.78 is 16.8. The van der Waals surface area contributed by atoms with Gasteiger partial charge < -0.3 is 14.2 Å². The Labute approximate surface area is 116 Å². The minimum atomic E-state index is -0.361. The Balaban J connectivity index is 2.50. The summed E-state index contributed by atoms with van der Waals surface area (Å²) in [6, 6.07) is 0. The molecule has 0 atom stereocenters. The normalized spacial score (nSPS) is 21.3. The van der Waals surface area contributed by atoms with Gasteiger partial charge in [0.15, 0.2) is 6.29 Å². The van der Waals surface area contributed by atoms with Gasteiger partial charge in [0, 0.05) is 16.4 Å². The smallest absolute Gasteiger partial charge is 0.333 e. The van der Waals surface area contributed by atoms with E-state index in [0.29, 0.717) is 18.8 Å². The van der Waals surface area contributed by atoms with Crippen LogP contribution in [0.15, 0.2) is 11.6 Å². The second kappa shape index (κ2) is 6.06. The van der Waals surface area contributed by atoms with Crippen molar-refractivity contribution in [2.24, 2.45) is 10.8 Å². The van der Waals surface area contributed by atoms with E-state index >= 15 is 0 Å². The molecule has 0 spiro atoms. The minimum absolute atomic E-state index is 0.0464. The highest BCUT2D eigenvalue weighted by Crippen LogP contribution is 2.32. The molecule has 0 aromatic rings. The third-order valence-electron chi connectivity index (χ3n) is 3.22. The standard InChI is InChI=1S/C15H26O4/c1-7-11(2)12(16)17-10-15(5,6)13-18-8-14(3,4)9-19-13/h7,13H,8-10H2,1-6H3/b11-7+. The van der Waals surface area contributed by atoms with Crippen LogP contribution in [0.25, 0.3) is 0 Å². The average Bonchev–Trinajstić information content (AvgIpc) is 2.34. The summed E-state index contributed by atoms with van der Waals surface area (Å²) in [5.74, 6) is -0.285. The van der Waals surface area contributed by atoms with Crippen LogP contribution >= 0.6 is 0 Å². The van der Waals surface area contributed by atoms with Crippen LogP contribution < -0.4 is 0 Å². The van der Waals surface area contributed by atoms with Crippen molar-refractivity contribution in [1.82, 2.24) is 0 Å². The van der Waals surface area contributed by atoms with Crippen molar-refractivity contribution in [3.63, 3.8) is 0 Å². The van der Waals surface area contributed by atoms with E-state index in [1.165, 1.54) is 0 Å². The zero-order valence-corrected chi connectivity index (χ0v) is 12.9. The van der Waals surface area contributed by atoms with Crippen LogP contribution in [0.2, 0.25) is 0 Å². The first-order chi connectivity index (χ1) is 8.68. The van der Waals surface area contributed by atoms with Crippen LogP contribution in [-0.2, 0) is 19.0 Å². The first-order valence-electron chi connectivity index (χ1n) is 6.71. The SMILES string of the molecule is C/C=C(\C)C(=O)OCC(C)(C)C1OCC(C)(C)CO1. The lowest BCUT2D eigenvalue weighted by atomic mass is 9.90. The topological polar surface area (TPSA) is 44.8 Å². The fourth-order valence-corrected chi connectivity index (χ4v) is 1.69. The Hall–Kier alpha value is -0.870. The maximum Gasteiger partial charge on any atom is 0.333 e. The van der Waals surface area contributed by atoms with E-state index in [9.17, 15) is 4.79 Å². The van der Waals surface area contributed by atoms with Gasteiger partial charge in [-0.2, -0.15) is 0 Å². The fourth-order valence-electron chi connectivity index (χ4n) is 1.69. The van der Waals surface area contributed by atoms with Crippen molar-refractivity contribution in [1.29, 1.82) is 0 Å². The van der Waals surface area contributed by atoms with Crippen molar-refractivity contribution < 1.29 is 19.0 Å². The quantitative estimate of drug-likeness (QED) is 0.582. The van der Waals surface area contributed by atoms with Crippen molar-refractivity contribution in [3.8, 4) is 0 Å². The second-order valence-corrected chi connectivity index (χ2v) is 6.65. The Morgan fingerprint density at radius 3 is 2.37 bits per heavy atom. The number of ether oxygens (including phenoxy) is 3. The Morgan fingerprint density at radius 1 is 1.37 bits per heavy atom. The molecule has 1 aliphatic rings. The van der Waals surface area contributed by atoms with Gasteiger partial charge in [-0.1, -0.05) is 33.8 Å². The maximum absolute atomic E-state index is 11.6. The van der Waals surface area contributed by atoms with Gasteiger partial charge in [-0.15, -0.1) is 0 Å². The van der Waals surface area contributed by atoms with Crippen molar-refractivity contribution >= 4 is 5.97 Å². The maximum atomic E-state index is 11.6. The van der Waals surface area contributed by atoms with Gasteiger partial charge in [-0.3, -0.25) is 0 Å². The van der Waals surface area contributed by atoms with Gasteiger partial charge in [-0.25, -0.2) is 4.79 Å². The second-order valence-electron chi connectivity index (χ2n) is 6.65. The number of carbonyl (C=O) groups excluding carboxylic acids is 1. The molecule has 0 bridgehead atoms. The zero-order valence-electron chi connectivity index (χ0n) is 12.9. The molecule has 0 aliphatic carbocycles. The molecular weight excluding hydrogens is 244 g/mol. The molecule has 1 aliphatic heterocycles. The van der Waals surface area contributed by atoms with E-state index < -0.39 is 0 Å². The van der Waals surface area contributed by atoms with Crippen molar-refractivity contribution in [2.45, 2.75) is 47.8 Å². The van der Waals surface area contributed by atoms with Crippen molar-refractivity contribution in [2.75, 3.05) is 19.8 Å². The third kappa shape index (κ3) is 4.62. The molecule has 0 saturated carbocycles. The van der Waals surface area contributed by atoms with Gasteiger partial charge in [-0.05, 0) is 13.8 Å². The predicted molar refractivity (Wildman–Crippen MR) is 73.6 cm³/mol. The number of esters is 1. The average molecular weight is 270 g/mol. The van der Waals surface area contributed by atoms with Crippen LogP contribution in [0, 0.1) is 10.8 Å². The van der Waals surface area contributed by atoms with Gasteiger partial charge in [0.2, 0.25) is 0 Å². The summed E-state index contributed by atoms with van der Waals surface area (Å²) in [5.41, 5.74) is 0.299. The lowest BCUT2D eigenvalue weighted by Crippen LogP contribution is -2.46. The van der Waals surface area contributed by atoms with Gasteiger partial charge in [0.05, 0.1) is 13.2 Å². The molecule has 0 radical (unpaired) electrons. The van der Waals surface area contributed by atoms with E-state index in [1.54, 1.807) is 13.0 Å². The van der Waals surface area contributed by atoms with Gasteiger partial charge >= 0.3 is 5.97 Å². The molecule has 0 unspecified atom stereocenters. The monoisotopic (exact) mass is 270 g/mol. The Morgan fingerprint density at radius 2 is 1.89 bits per heavy atom. The predicted octanol–water partition coefficient (Wildman–Crippen LogP) is 2.92. The first-order valence-corrected chi connectivity index (χ1v) is 6.71. The van der Waals surface area contributed by atoms with E-state index in [2.05, 4.69) is 13.8 Å². The summed E-state index contributed by atoms with van der Waals surface area (Å²) in [7, 11) is 0. The molecule has 0 N–H and O–H groups in total. The molecule has 110 valence electrons. The molecular formula is C15H26O4. The molecule has 1 heterocycles. The van der Waals surface area contributed by atoms with Crippen LogP contribution in [0.4, 0.5) is 0 Å². The zero-order chi connectivity index (χ0) is 14.7. The highest BCUT2D eigenvalue weighted by atomic mass is 16.7. The largest absolute Gasteiger partial charge is 0.462 e. The van der Waals surface area contributed by atoms with Crippen molar-refractivity contribution in [3.05, 3.63) is 11.6 Å². The first kappa shape index (κ1) is 16.2. The number of rotatable bonds is 4. The summed E-state index contributed by atoms with van der Waals surface area (Å²) >= 11 is 0. The lowest BCUT2D eigenvalue weighted by Gasteiger charge is -2.41. The molecule has 4 nitrogen and oxygen atoms in total. The molecule has 4 heteroatoms. The number of allylic oxidation sites excluding steroid dienone is 1. The van der Waals surface area contributed by atoms with Crippen LogP contribution in [0.1, 0.15) is 41.5 Å². The minimum Gasteiger partial charge on any atom is -0.462 e. The van der Waals surface area contributed by atoms with E-state index in [-0.39, 0.29) is 29.7 Å². The number of carbonyl (C=O) groups is 1. The summed E-state index contributed by atoms with van der Waals surface area (Å²) in [6.45, 7) is 13.3. The van der Waals surface area contributed by atoms with E-state index in [0.717, 1.165) is 0 Å². The van der Waals surface area contributed by atoms with E-state index in [4.69, 9.17) is 14.2 Å². The Bertz CT molecular complexity index is 345. The van der Waals surface area contributed by atoms with E-state index in [1.807, 2.05) is 20.8 Å². The highest BCUT2D eigenvalue weighted by Gasteiger charge is 2.38. The molecule has 1 fully saturated rings. The molecule has 0 amide bonds. The summed E-state index contributed by atoms with van der Waals surface area (Å²) in [4.78, 5) is 11.6. The number of hydrogen-bond donors (Lipinski definition) is 0. The molecule has 19 heavy (non-hydrogen) atoms. The highest BCUT2D eigenvalue weighted by molar-refractivity contribution is 5.87. The van der Waals surface area contributed by atoms with Crippen LogP contribution in [-0.4, -0.2) is 32.1 Å². The Kier molecular flexibility index (Phi) is 5.16. The lowest BCUT2D eigenvalue weighted by molar-refractivity contribution is -0.268. The third-order valence-corrected chi connectivity index (χ3v) is 3.22. The van der Waals surface area contributed by atoms with Crippen LogP contribution in [0.5, 0.6) is 0 Å². The van der Waals surface area contributed by atoms with Crippen LogP contribution in [0.3, 0.4) is 0 Å². The number of hydrogen-bond acceptors (Lipinski definition) is 4. The fraction of sp³-hybridized carbons (Fsp3) is 0.800.